The first kappa shape index (κ1) is 35.6. The maximum atomic E-state index is 15.0. The predicted octanol–water partition coefficient (Wildman–Crippen LogP) is 3.99. The van der Waals surface area contributed by atoms with Gasteiger partial charge in [-0.25, -0.2) is 4.79 Å². The van der Waals surface area contributed by atoms with Gasteiger partial charge in [-0.3, -0.25) is 19.9 Å². The number of nitrogens with one attached hydrogen (secondary N) is 2. The summed E-state index contributed by atoms with van der Waals surface area (Å²) in [5.74, 6) is 0.805. The molecule has 8 aliphatic heterocycles. The maximum Gasteiger partial charge on any atom is 0.333 e. The standard InChI is InChI=1S/C42H44N4O10S/c1-18-10-24-27(32(49)33(18)52-5)30-31-37-29-28(36-35(54-17-55-36)19(2)34(29)56-20(3)48)26(46(31)41(51)14-40(24,4)45(30)15-41)13-53-39(50)42(16-57-37)38-23(11-21(12-47)44-42)22-8-6-7-9-25(22)43-38/h6-10,21,26,30-31,37,43-44,47,49,51H,11-17H2,1-5H3/t21-,26+,30-,31-,37-,40?,41+,42-/m1/s1. The summed E-state index contributed by atoms with van der Waals surface area (Å²) in [6.45, 7) is 7.05. The van der Waals surface area contributed by atoms with Crippen molar-refractivity contribution >= 4 is 34.6 Å². The number of piperazine rings is 1. The van der Waals surface area contributed by atoms with Gasteiger partial charge in [0.15, 0.2) is 28.5 Å². The monoisotopic (exact) mass is 796 g/mol. The molecule has 0 amide bonds. The molecule has 1 spiro atoms. The van der Waals surface area contributed by atoms with Gasteiger partial charge in [0.05, 0.1) is 36.7 Å². The zero-order valence-electron chi connectivity index (χ0n) is 32.2. The predicted molar refractivity (Wildman–Crippen MR) is 207 cm³/mol. The van der Waals surface area contributed by atoms with E-state index in [4.69, 9.17) is 23.7 Å². The second-order valence-electron chi connectivity index (χ2n) is 16.9. The number of aliphatic hydroxyl groups excluding tert-OH is 1. The number of hydrogen-bond donors (Lipinski definition) is 5. The number of carbonyl (C=O) groups excluding carboxylic acids is 2. The number of hydrogen-bond acceptors (Lipinski definition) is 14. The number of rotatable bonds is 3. The number of aromatic amines is 1. The first-order valence-corrected chi connectivity index (χ1v) is 20.5. The highest BCUT2D eigenvalue weighted by atomic mass is 32.2. The number of fused-ring (bicyclic) bond motifs is 11. The Balaban J connectivity index is 1.19. The zero-order valence-corrected chi connectivity index (χ0v) is 33.0. The first-order chi connectivity index (χ1) is 27.3. The van der Waals surface area contributed by atoms with Crippen LogP contribution in [0.2, 0.25) is 0 Å². The van der Waals surface area contributed by atoms with Gasteiger partial charge in [0.1, 0.15) is 18.1 Å². The number of ether oxygens (including phenoxy) is 5. The fraction of sp³-hybridized carbons (Fsp3) is 0.476. The van der Waals surface area contributed by atoms with Crippen molar-refractivity contribution in [3.05, 3.63) is 75.0 Å². The van der Waals surface area contributed by atoms with Gasteiger partial charge < -0.3 is 44.0 Å². The van der Waals surface area contributed by atoms with Crippen molar-refractivity contribution in [2.45, 2.75) is 86.8 Å². The number of carbonyl (C=O) groups is 2. The molecule has 3 aromatic carbocycles. The number of H-pyrrole nitrogens is 1. The molecule has 4 bridgehead atoms. The van der Waals surface area contributed by atoms with Crippen molar-refractivity contribution in [3.63, 3.8) is 0 Å². The van der Waals surface area contributed by atoms with E-state index in [0.717, 1.165) is 33.2 Å². The van der Waals surface area contributed by atoms with Gasteiger partial charge in [0, 0.05) is 76.4 Å². The molecule has 8 atom stereocenters. The first-order valence-electron chi connectivity index (χ1n) is 19.5. The van der Waals surface area contributed by atoms with Crippen LogP contribution in [0.4, 0.5) is 0 Å². The highest BCUT2D eigenvalue weighted by Crippen LogP contribution is 2.71. The number of esters is 2. The van der Waals surface area contributed by atoms with Gasteiger partial charge in [0.2, 0.25) is 6.79 Å². The van der Waals surface area contributed by atoms with Crippen molar-refractivity contribution in [2.24, 2.45) is 0 Å². The number of methoxy groups -OCH3 is 1. The van der Waals surface area contributed by atoms with E-state index in [1.807, 2.05) is 38.1 Å². The van der Waals surface area contributed by atoms with Gasteiger partial charge in [-0.1, -0.05) is 18.2 Å². The number of para-hydroxylation sites is 1. The second kappa shape index (κ2) is 11.8. The third kappa shape index (κ3) is 4.39. The normalized spacial score (nSPS) is 33.2. The molecule has 3 fully saturated rings. The minimum Gasteiger partial charge on any atom is -0.504 e. The van der Waals surface area contributed by atoms with Crippen molar-refractivity contribution < 1.29 is 48.6 Å². The lowest BCUT2D eigenvalue weighted by Gasteiger charge is -2.59. The molecule has 12 rings (SSSR count). The van der Waals surface area contributed by atoms with Crippen LogP contribution in [0.5, 0.6) is 28.7 Å². The summed E-state index contributed by atoms with van der Waals surface area (Å²) in [4.78, 5) is 36.0. The largest absolute Gasteiger partial charge is 0.504 e. The molecule has 14 nitrogen and oxygen atoms in total. The molecule has 298 valence electrons. The molecule has 4 aromatic rings. The Bertz CT molecular complexity index is 2470. The van der Waals surface area contributed by atoms with Crippen molar-refractivity contribution in [2.75, 3.05) is 39.4 Å². The molecular formula is C42H44N4O10S. The van der Waals surface area contributed by atoms with Crippen LogP contribution in [0.25, 0.3) is 10.9 Å². The van der Waals surface area contributed by atoms with Crippen molar-refractivity contribution in [1.82, 2.24) is 20.1 Å². The second-order valence-corrected chi connectivity index (χ2v) is 18.0. The number of aromatic nitrogens is 1. The van der Waals surface area contributed by atoms with Crippen molar-refractivity contribution in [1.29, 1.82) is 0 Å². The molecule has 0 radical (unpaired) electrons. The Morgan fingerprint density at radius 2 is 1.89 bits per heavy atom. The topological polar surface area (TPSA) is 175 Å². The minimum atomic E-state index is -1.42. The quantitative estimate of drug-likeness (QED) is 0.149. The third-order valence-electron chi connectivity index (χ3n) is 13.9. The molecule has 57 heavy (non-hydrogen) atoms. The van der Waals surface area contributed by atoms with Crippen LogP contribution >= 0.6 is 11.8 Å². The smallest absolute Gasteiger partial charge is 0.333 e. The summed E-state index contributed by atoms with van der Waals surface area (Å²) in [5.41, 5.74) is 3.39. The van der Waals surface area contributed by atoms with E-state index in [2.05, 4.69) is 33.1 Å². The third-order valence-corrected chi connectivity index (χ3v) is 15.3. The average molecular weight is 797 g/mol. The lowest BCUT2D eigenvalue weighted by molar-refractivity contribution is -0.196. The molecule has 1 aromatic heterocycles. The summed E-state index contributed by atoms with van der Waals surface area (Å²) in [6, 6.07) is 7.71. The number of phenols is 1. The summed E-state index contributed by atoms with van der Waals surface area (Å²) >= 11 is 1.49. The van der Waals surface area contributed by atoms with Gasteiger partial charge in [-0.05, 0) is 56.0 Å². The Morgan fingerprint density at radius 3 is 2.67 bits per heavy atom. The molecule has 8 aliphatic rings. The Morgan fingerprint density at radius 1 is 1.11 bits per heavy atom. The summed E-state index contributed by atoms with van der Waals surface area (Å²) in [5, 5.41) is 39.9. The van der Waals surface area contributed by atoms with Crippen LogP contribution in [0.1, 0.15) is 82.2 Å². The summed E-state index contributed by atoms with van der Waals surface area (Å²) in [7, 11) is 1.55. The maximum absolute atomic E-state index is 15.0. The van der Waals surface area contributed by atoms with E-state index in [0.29, 0.717) is 58.2 Å². The molecule has 9 heterocycles. The number of aryl methyl sites for hydroxylation is 1. The van der Waals surface area contributed by atoms with Crippen LogP contribution in [0.15, 0.2) is 30.3 Å². The van der Waals surface area contributed by atoms with E-state index in [9.17, 15) is 20.1 Å². The number of benzene rings is 3. The lowest BCUT2D eigenvalue weighted by Crippen LogP contribution is -2.67. The summed E-state index contributed by atoms with van der Waals surface area (Å²) in [6.07, 6.45) is 0.812. The SMILES string of the molecule is COc1c(C)cc2c(c1O)[C@@H]1[C@@H]3[C@@H]4SC[C@]5(N[C@@H](CO)Cc6c5[nH]c5ccccc65)C(=O)OC[C@@H](c5c6c(c(C)c(OC(C)=O)c54)OCO6)N3[C@@]3(O)CN1C2(C)C3. The van der Waals surface area contributed by atoms with Crippen molar-refractivity contribution in [3.8, 4) is 28.7 Å². The van der Waals surface area contributed by atoms with Gasteiger partial charge in [-0.2, -0.15) is 0 Å². The molecule has 1 unspecified atom stereocenters. The number of aliphatic hydroxyl groups is 2. The minimum absolute atomic E-state index is 0.0578. The van der Waals surface area contributed by atoms with E-state index in [1.54, 1.807) is 7.11 Å². The molecule has 5 N–H and O–H groups in total. The van der Waals surface area contributed by atoms with E-state index >= 15 is 4.79 Å². The molecule has 3 saturated heterocycles. The van der Waals surface area contributed by atoms with Gasteiger partial charge in [-0.15, -0.1) is 11.8 Å². The van der Waals surface area contributed by atoms with Crippen LogP contribution in [-0.2, 0) is 31.8 Å². The van der Waals surface area contributed by atoms with Crippen LogP contribution < -0.4 is 24.3 Å². The molecule has 0 saturated carbocycles. The van der Waals surface area contributed by atoms with E-state index in [1.165, 1.54) is 18.7 Å². The van der Waals surface area contributed by atoms with Gasteiger partial charge in [0.25, 0.3) is 0 Å². The van der Waals surface area contributed by atoms with E-state index < -0.39 is 58.2 Å². The number of thioether (sulfide) groups is 1. The molecule has 0 aliphatic carbocycles. The summed E-state index contributed by atoms with van der Waals surface area (Å²) < 4.78 is 30.8. The highest BCUT2D eigenvalue weighted by Gasteiger charge is 2.72. The fourth-order valence-corrected chi connectivity index (χ4v) is 13.5. The average Bonchev–Trinajstić information content (AvgIpc) is 3.93. The number of aromatic hydroxyl groups is 1. The number of nitrogens with zero attached hydrogens (tertiary/aromatic N) is 2. The fourth-order valence-electron chi connectivity index (χ4n) is 11.8. The van der Waals surface area contributed by atoms with Crippen LogP contribution in [0, 0.1) is 13.8 Å². The molecule has 15 heteroatoms. The Hall–Kier alpha value is -4.51. The van der Waals surface area contributed by atoms with Crippen LogP contribution in [0.3, 0.4) is 0 Å². The lowest BCUT2D eigenvalue weighted by atomic mass is 9.75. The van der Waals surface area contributed by atoms with E-state index in [-0.39, 0.29) is 38.1 Å². The van der Waals surface area contributed by atoms with Gasteiger partial charge >= 0.3 is 11.9 Å². The number of phenolic OH excluding ortho intramolecular Hbond substituents is 1. The molecular weight excluding hydrogens is 753 g/mol. The Kier molecular flexibility index (Phi) is 7.37. The Labute approximate surface area is 332 Å². The zero-order chi connectivity index (χ0) is 39.5. The van der Waals surface area contributed by atoms with Crippen LogP contribution in [-0.4, -0.2) is 99.3 Å². The highest BCUT2D eigenvalue weighted by molar-refractivity contribution is 7.99.